The quantitative estimate of drug-likeness (QED) is 0.919. The van der Waals surface area contributed by atoms with Crippen molar-refractivity contribution in [3.05, 3.63) is 35.9 Å². The van der Waals surface area contributed by atoms with Gasteiger partial charge in [0.25, 0.3) is 0 Å². The third kappa shape index (κ3) is 3.54. The summed E-state index contributed by atoms with van der Waals surface area (Å²) in [5, 5.41) is 0. The Morgan fingerprint density at radius 2 is 1.92 bits per heavy atom. The van der Waals surface area contributed by atoms with Crippen LogP contribution in [0, 0.1) is 11.3 Å². The molecule has 3 heteroatoms. The van der Waals surface area contributed by atoms with Crippen LogP contribution in [0.5, 0.6) is 0 Å². The second-order valence-electron chi connectivity index (χ2n) is 9.17. The Balaban J connectivity index is 1.70. The van der Waals surface area contributed by atoms with E-state index < -0.39 is 0 Å². The van der Waals surface area contributed by atoms with E-state index in [0.717, 1.165) is 25.6 Å². The molecule has 3 atom stereocenters. The maximum Gasteiger partial charge on any atom is 0.0473 e. The molecule has 2 N–H and O–H groups in total. The summed E-state index contributed by atoms with van der Waals surface area (Å²) in [5.41, 5.74) is 8.34. The molecule has 0 bridgehead atoms. The minimum atomic E-state index is 0.175. The Bertz CT molecular complexity index is 536. The zero-order valence-electron chi connectivity index (χ0n) is 16.0. The summed E-state index contributed by atoms with van der Waals surface area (Å²) in [5.74, 6) is 0.791. The smallest absolute Gasteiger partial charge is 0.0473 e. The van der Waals surface area contributed by atoms with Gasteiger partial charge in [-0.25, -0.2) is 0 Å². The monoisotopic (exact) mass is 329 g/mol. The van der Waals surface area contributed by atoms with Gasteiger partial charge in [-0.15, -0.1) is 0 Å². The predicted octanol–water partition coefficient (Wildman–Crippen LogP) is 3.35. The average Bonchev–Trinajstić information content (AvgIpc) is 3.15. The second kappa shape index (κ2) is 6.78. The summed E-state index contributed by atoms with van der Waals surface area (Å²) in [6.07, 6.45) is 2.52. The molecule has 2 aliphatic rings. The van der Waals surface area contributed by atoms with Crippen molar-refractivity contribution in [2.24, 2.45) is 17.1 Å². The lowest BCUT2D eigenvalue weighted by molar-refractivity contribution is 0.110. The van der Waals surface area contributed by atoms with Crippen molar-refractivity contribution in [2.45, 2.75) is 58.7 Å². The maximum atomic E-state index is 6.35. The van der Waals surface area contributed by atoms with Gasteiger partial charge in [-0.3, -0.25) is 9.80 Å². The lowest BCUT2D eigenvalue weighted by Crippen LogP contribution is -2.55. The van der Waals surface area contributed by atoms with Crippen molar-refractivity contribution in [1.29, 1.82) is 0 Å². The van der Waals surface area contributed by atoms with E-state index in [2.05, 4.69) is 67.8 Å². The number of likely N-dealkylation sites (tertiary alicyclic amines) is 2. The molecule has 2 aliphatic heterocycles. The van der Waals surface area contributed by atoms with Crippen LogP contribution >= 0.6 is 0 Å². The molecular formula is C21H35N3. The van der Waals surface area contributed by atoms with Crippen molar-refractivity contribution < 1.29 is 0 Å². The van der Waals surface area contributed by atoms with Gasteiger partial charge < -0.3 is 5.73 Å². The van der Waals surface area contributed by atoms with Crippen LogP contribution in [-0.2, 0) is 6.54 Å². The SMILES string of the molecule is CC1CC(CN)(N2CCC(C(C)(C)C)C2)CN1Cc1ccccc1. The van der Waals surface area contributed by atoms with Crippen LogP contribution in [0.3, 0.4) is 0 Å². The maximum absolute atomic E-state index is 6.35. The molecule has 3 nitrogen and oxygen atoms in total. The number of hydrogen-bond donors (Lipinski definition) is 1. The second-order valence-corrected chi connectivity index (χ2v) is 9.17. The van der Waals surface area contributed by atoms with Crippen LogP contribution in [0.4, 0.5) is 0 Å². The molecule has 1 aromatic rings. The summed E-state index contributed by atoms with van der Waals surface area (Å²) in [4.78, 5) is 5.36. The molecule has 0 spiro atoms. The summed E-state index contributed by atoms with van der Waals surface area (Å²) in [6, 6.07) is 11.4. The average molecular weight is 330 g/mol. The zero-order valence-corrected chi connectivity index (χ0v) is 16.0. The minimum Gasteiger partial charge on any atom is -0.329 e. The molecule has 0 saturated carbocycles. The largest absolute Gasteiger partial charge is 0.329 e. The van der Waals surface area contributed by atoms with Crippen molar-refractivity contribution in [3.63, 3.8) is 0 Å². The molecule has 0 aliphatic carbocycles. The van der Waals surface area contributed by atoms with E-state index in [1.54, 1.807) is 0 Å². The van der Waals surface area contributed by atoms with E-state index in [9.17, 15) is 0 Å². The molecule has 2 saturated heterocycles. The van der Waals surface area contributed by atoms with Crippen LogP contribution in [0.1, 0.15) is 46.1 Å². The van der Waals surface area contributed by atoms with Gasteiger partial charge in [0.05, 0.1) is 0 Å². The Morgan fingerprint density at radius 3 is 2.50 bits per heavy atom. The molecular weight excluding hydrogens is 294 g/mol. The zero-order chi connectivity index (χ0) is 17.4. The van der Waals surface area contributed by atoms with Crippen LogP contribution in [-0.4, -0.2) is 47.6 Å². The van der Waals surface area contributed by atoms with Crippen molar-refractivity contribution in [2.75, 3.05) is 26.2 Å². The predicted molar refractivity (Wildman–Crippen MR) is 102 cm³/mol. The van der Waals surface area contributed by atoms with Gasteiger partial charge in [0, 0.05) is 37.8 Å². The van der Waals surface area contributed by atoms with Gasteiger partial charge >= 0.3 is 0 Å². The number of benzene rings is 1. The molecule has 3 unspecified atom stereocenters. The normalized spacial score (nSPS) is 32.5. The van der Waals surface area contributed by atoms with Crippen LogP contribution in [0.15, 0.2) is 30.3 Å². The van der Waals surface area contributed by atoms with Gasteiger partial charge in [0.1, 0.15) is 0 Å². The van der Waals surface area contributed by atoms with Gasteiger partial charge in [-0.05, 0) is 43.2 Å². The Hall–Kier alpha value is -0.900. The van der Waals surface area contributed by atoms with Crippen LogP contribution < -0.4 is 5.73 Å². The van der Waals surface area contributed by atoms with Crippen molar-refractivity contribution in [1.82, 2.24) is 9.80 Å². The van der Waals surface area contributed by atoms with E-state index in [1.807, 2.05) is 0 Å². The number of rotatable bonds is 4. The van der Waals surface area contributed by atoms with Gasteiger partial charge in [0.2, 0.25) is 0 Å². The fourth-order valence-electron chi connectivity index (χ4n) is 4.71. The highest BCUT2D eigenvalue weighted by molar-refractivity contribution is 5.16. The lowest BCUT2D eigenvalue weighted by atomic mass is 9.80. The first kappa shape index (κ1) is 17.9. The van der Waals surface area contributed by atoms with E-state index >= 15 is 0 Å². The Kier molecular flexibility index (Phi) is 5.06. The summed E-state index contributed by atoms with van der Waals surface area (Å²) < 4.78 is 0. The van der Waals surface area contributed by atoms with E-state index in [4.69, 9.17) is 5.73 Å². The van der Waals surface area contributed by atoms with Gasteiger partial charge in [-0.1, -0.05) is 51.1 Å². The highest BCUT2D eigenvalue weighted by Crippen LogP contribution is 2.40. The highest BCUT2D eigenvalue weighted by Gasteiger charge is 2.48. The van der Waals surface area contributed by atoms with Crippen LogP contribution in [0.2, 0.25) is 0 Å². The molecule has 0 radical (unpaired) electrons. The first-order valence-electron chi connectivity index (χ1n) is 9.57. The summed E-state index contributed by atoms with van der Waals surface area (Å²) in [6.45, 7) is 14.9. The first-order valence-corrected chi connectivity index (χ1v) is 9.57. The molecule has 134 valence electrons. The summed E-state index contributed by atoms with van der Waals surface area (Å²) >= 11 is 0. The third-order valence-electron chi connectivity index (χ3n) is 6.49. The van der Waals surface area contributed by atoms with E-state index in [1.165, 1.54) is 31.5 Å². The Morgan fingerprint density at radius 1 is 1.21 bits per heavy atom. The van der Waals surface area contributed by atoms with Crippen molar-refractivity contribution in [3.8, 4) is 0 Å². The minimum absolute atomic E-state index is 0.175. The van der Waals surface area contributed by atoms with Gasteiger partial charge in [0.15, 0.2) is 0 Å². The molecule has 2 heterocycles. The molecule has 1 aromatic carbocycles. The standard InChI is InChI=1S/C21H35N3/c1-17-12-21(15-22,24-11-10-19(14-24)20(2,3)4)16-23(17)13-18-8-6-5-7-9-18/h5-9,17,19H,10-16,22H2,1-4H3. The fourth-order valence-corrected chi connectivity index (χ4v) is 4.71. The molecule has 24 heavy (non-hydrogen) atoms. The molecule has 0 aromatic heterocycles. The highest BCUT2D eigenvalue weighted by atomic mass is 15.3. The Labute approximate surface area is 148 Å². The van der Waals surface area contributed by atoms with E-state index in [0.29, 0.717) is 11.5 Å². The number of nitrogens with zero attached hydrogens (tertiary/aromatic N) is 2. The van der Waals surface area contributed by atoms with Crippen LogP contribution in [0.25, 0.3) is 0 Å². The molecule has 2 fully saturated rings. The fraction of sp³-hybridized carbons (Fsp3) is 0.714. The third-order valence-corrected chi connectivity index (χ3v) is 6.49. The number of nitrogens with two attached hydrogens (primary N) is 1. The number of hydrogen-bond acceptors (Lipinski definition) is 3. The topological polar surface area (TPSA) is 32.5 Å². The lowest BCUT2D eigenvalue weighted by Gasteiger charge is -2.39. The van der Waals surface area contributed by atoms with Crippen molar-refractivity contribution >= 4 is 0 Å². The molecule has 3 rings (SSSR count). The molecule has 0 amide bonds. The summed E-state index contributed by atoms with van der Waals surface area (Å²) in [7, 11) is 0. The van der Waals surface area contributed by atoms with E-state index in [-0.39, 0.29) is 5.54 Å². The van der Waals surface area contributed by atoms with Gasteiger partial charge in [-0.2, -0.15) is 0 Å². The first-order chi connectivity index (χ1) is 11.3.